The second-order valence-corrected chi connectivity index (χ2v) is 7.08. The number of hydrogen-bond acceptors (Lipinski definition) is 5. The fourth-order valence-corrected chi connectivity index (χ4v) is 4.01. The van der Waals surface area contributed by atoms with Crippen LogP contribution < -0.4 is 15.5 Å². The number of nitrogens with zero attached hydrogens (tertiary/aromatic N) is 4. The van der Waals surface area contributed by atoms with E-state index < -0.39 is 5.41 Å². The van der Waals surface area contributed by atoms with Crippen molar-refractivity contribution in [3.8, 4) is 0 Å². The van der Waals surface area contributed by atoms with E-state index >= 15 is 0 Å². The fraction of sp³-hybridized carbons (Fsp3) is 0.647. The van der Waals surface area contributed by atoms with Gasteiger partial charge in [0.25, 0.3) is 0 Å². The molecule has 0 radical (unpaired) electrons. The second-order valence-electron chi connectivity index (χ2n) is 7.08. The number of amides is 3. The Hall–Kier alpha value is -2.38. The molecule has 3 rings (SSSR count). The SMILES string of the molecule is CNC(=O)[C@]12CCCN(c3ncccn3)[C@H]1CN(C(=O)NC(C)C)C2. The number of rotatable bonds is 3. The lowest BCUT2D eigenvalue weighted by Crippen LogP contribution is -2.58. The minimum Gasteiger partial charge on any atom is -0.359 e. The van der Waals surface area contributed by atoms with Gasteiger partial charge < -0.3 is 20.4 Å². The number of anilines is 1. The Bertz CT molecular complexity index is 637. The van der Waals surface area contributed by atoms with Gasteiger partial charge >= 0.3 is 6.03 Å². The van der Waals surface area contributed by atoms with E-state index in [1.165, 1.54) is 0 Å². The third kappa shape index (κ3) is 3.12. The molecule has 2 aliphatic rings. The maximum absolute atomic E-state index is 12.8. The average Bonchev–Trinajstić information content (AvgIpc) is 3.02. The molecule has 25 heavy (non-hydrogen) atoms. The first-order chi connectivity index (χ1) is 12.0. The first-order valence-electron chi connectivity index (χ1n) is 8.79. The lowest BCUT2D eigenvalue weighted by atomic mass is 9.74. The average molecular weight is 346 g/mol. The van der Waals surface area contributed by atoms with Crippen LogP contribution in [-0.2, 0) is 4.79 Å². The second kappa shape index (κ2) is 6.85. The smallest absolute Gasteiger partial charge is 0.317 e. The van der Waals surface area contributed by atoms with Crippen molar-refractivity contribution in [2.75, 3.05) is 31.6 Å². The van der Waals surface area contributed by atoms with Gasteiger partial charge in [0.15, 0.2) is 0 Å². The van der Waals surface area contributed by atoms with Crippen LogP contribution in [-0.4, -0.2) is 65.6 Å². The molecule has 8 heteroatoms. The zero-order valence-corrected chi connectivity index (χ0v) is 15.0. The number of urea groups is 1. The Morgan fingerprint density at radius 3 is 2.68 bits per heavy atom. The zero-order chi connectivity index (χ0) is 18.0. The number of likely N-dealkylation sites (tertiary alicyclic amines) is 1. The fourth-order valence-electron chi connectivity index (χ4n) is 4.01. The number of carbonyl (C=O) groups is 2. The van der Waals surface area contributed by atoms with Crippen molar-refractivity contribution >= 4 is 17.9 Å². The van der Waals surface area contributed by atoms with Crippen LogP contribution in [0.25, 0.3) is 0 Å². The van der Waals surface area contributed by atoms with E-state index in [-0.39, 0.29) is 24.0 Å². The number of nitrogens with one attached hydrogen (secondary N) is 2. The van der Waals surface area contributed by atoms with Gasteiger partial charge in [-0.1, -0.05) is 0 Å². The van der Waals surface area contributed by atoms with Crippen molar-refractivity contribution in [2.24, 2.45) is 5.41 Å². The highest BCUT2D eigenvalue weighted by molar-refractivity contribution is 5.87. The molecule has 2 N–H and O–H groups in total. The maximum atomic E-state index is 12.8. The predicted octanol–water partition coefficient (Wildman–Crippen LogP) is 0.611. The quantitative estimate of drug-likeness (QED) is 0.837. The van der Waals surface area contributed by atoms with E-state index in [0.717, 1.165) is 19.4 Å². The van der Waals surface area contributed by atoms with Crippen molar-refractivity contribution in [1.82, 2.24) is 25.5 Å². The van der Waals surface area contributed by atoms with Crippen LogP contribution in [0.5, 0.6) is 0 Å². The van der Waals surface area contributed by atoms with Crippen LogP contribution in [0.15, 0.2) is 18.5 Å². The summed E-state index contributed by atoms with van der Waals surface area (Å²) in [5.74, 6) is 0.601. The van der Waals surface area contributed by atoms with Crippen LogP contribution in [0.3, 0.4) is 0 Å². The van der Waals surface area contributed by atoms with Gasteiger partial charge in [0.05, 0.1) is 11.5 Å². The van der Waals surface area contributed by atoms with Gasteiger partial charge in [0.2, 0.25) is 11.9 Å². The first kappa shape index (κ1) is 17.4. The Kier molecular flexibility index (Phi) is 4.78. The summed E-state index contributed by atoms with van der Waals surface area (Å²) in [6.07, 6.45) is 5.03. The summed E-state index contributed by atoms with van der Waals surface area (Å²) < 4.78 is 0. The lowest BCUT2D eigenvalue weighted by Gasteiger charge is -2.43. The highest BCUT2D eigenvalue weighted by Crippen LogP contribution is 2.43. The molecule has 3 amide bonds. The lowest BCUT2D eigenvalue weighted by molar-refractivity contribution is -0.131. The minimum absolute atomic E-state index is 0.0158. The van der Waals surface area contributed by atoms with E-state index in [0.29, 0.717) is 19.0 Å². The summed E-state index contributed by atoms with van der Waals surface area (Å²) in [5.41, 5.74) is -0.624. The first-order valence-corrected chi connectivity index (χ1v) is 8.79. The van der Waals surface area contributed by atoms with Crippen molar-refractivity contribution in [3.63, 3.8) is 0 Å². The van der Waals surface area contributed by atoms with Crippen molar-refractivity contribution in [3.05, 3.63) is 18.5 Å². The molecule has 1 aromatic rings. The van der Waals surface area contributed by atoms with Crippen molar-refractivity contribution < 1.29 is 9.59 Å². The minimum atomic E-state index is -0.624. The molecule has 2 fully saturated rings. The molecule has 0 bridgehead atoms. The molecule has 2 saturated heterocycles. The summed E-state index contributed by atoms with van der Waals surface area (Å²) in [7, 11) is 1.66. The molecular weight excluding hydrogens is 320 g/mol. The summed E-state index contributed by atoms with van der Waals surface area (Å²) in [6, 6.07) is 1.58. The summed E-state index contributed by atoms with van der Waals surface area (Å²) in [4.78, 5) is 37.9. The van der Waals surface area contributed by atoms with E-state index in [9.17, 15) is 9.59 Å². The van der Waals surface area contributed by atoms with Gasteiger partial charge in [-0.3, -0.25) is 4.79 Å². The third-order valence-electron chi connectivity index (χ3n) is 5.09. The zero-order valence-electron chi connectivity index (χ0n) is 15.0. The van der Waals surface area contributed by atoms with Gasteiger partial charge in [-0.2, -0.15) is 0 Å². The molecule has 0 aliphatic carbocycles. The Labute approximate surface area is 148 Å². The van der Waals surface area contributed by atoms with Gasteiger partial charge in [-0.15, -0.1) is 0 Å². The molecule has 1 aromatic heterocycles. The highest BCUT2D eigenvalue weighted by Gasteiger charge is 2.57. The van der Waals surface area contributed by atoms with Crippen molar-refractivity contribution in [1.29, 1.82) is 0 Å². The monoisotopic (exact) mass is 346 g/mol. The van der Waals surface area contributed by atoms with Gasteiger partial charge in [-0.25, -0.2) is 14.8 Å². The van der Waals surface area contributed by atoms with Gasteiger partial charge in [-0.05, 0) is 32.8 Å². The Balaban J connectivity index is 1.92. The number of hydrogen-bond donors (Lipinski definition) is 2. The Morgan fingerprint density at radius 2 is 2.04 bits per heavy atom. The topological polar surface area (TPSA) is 90.5 Å². The molecule has 0 unspecified atom stereocenters. The molecule has 3 heterocycles. The molecule has 8 nitrogen and oxygen atoms in total. The summed E-state index contributed by atoms with van der Waals surface area (Å²) >= 11 is 0. The van der Waals surface area contributed by atoms with Crippen LogP contribution in [0.2, 0.25) is 0 Å². The largest absolute Gasteiger partial charge is 0.359 e. The van der Waals surface area contributed by atoms with Crippen LogP contribution in [0.1, 0.15) is 26.7 Å². The third-order valence-corrected chi connectivity index (χ3v) is 5.09. The van der Waals surface area contributed by atoms with Crippen LogP contribution >= 0.6 is 0 Å². The standard InChI is InChI=1S/C17H26N6O2/c1-12(2)21-16(25)22-10-13-17(11-22,14(24)18-3)6-4-9-23(13)15-19-7-5-8-20-15/h5,7-8,12-13H,4,6,9-11H2,1-3H3,(H,18,24)(H,21,25)/t13-,17-/m0/s1. The normalized spacial score (nSPS) is 25.7. The summed E-state index contributed by atoms with van der Waals surface area (Å²) in [5, 5.41) is 5.73. The molecule has 0 spiro atoms. The molecule has 2 atom stereocenters. The van der Waals surface area contributed by atoms with E-state index in [4.69, 9.17) is 0 Å². The number of carbonyl (C=O) groups excluding carboxylic acids is 2. The molecule has 136 valence electrons. The number of fused-ring (bicyclic) bond motifs is 1. The number of aromatic nitrogens is 2. The van der Waals surface area contributed by atoms with E-state index in [2.05, 4.69) is 25.5 Å². The van der Waals surface area contributed by atoms with Gasteiger partial charge in [0, 0.05) is 45.1 Å². The molecule has 0 aromatic carbocycles. The Morgan fingerprint density at radius 1 is 1.32 bits per heavy atom. The predicted molar refractivity (Wildman–Crippen MR) is 94.1 cm³/mol. The summed E-state index contributed by atoms with van der Waals surface area (Å²) in [6.45, 7) is 5.55. The maximum Gasteiger partial charge on any atom is 0.317 e. The van der Waals surface area contributed by atoms with Crippen molar-refractivity contribution in [2.45, 2.75) is 38.8 Å². The molecule has 2 aliphatic heterocycles. The van der Waals surface area contributed by atoms with E-state index in [1.807, 2.05) is 13.8 Å². The number of piperidine rings is 1. The molecular formula is C17H26N6O2. The van der Waals surface area contributed by atoms with Gasteiger partial charge in [0.1, 0.15) is 0 Å². The highest BCUT2D eigenvalue weighted by atomic mass is 16.2. The van der Waals surface area contributed by atoms with E-state index in [1.54, 1.807) is 30.4 Å². The van der Waals surface area contributed by atoms with Crippen LogP contribution in [0.4, 0.5) is 10.7 Å². The van der Waals surface area contributed by atoms with Crippen LogP contribution in [0, 0.1) is 5.41 Å². The molecule has 0 saturated carbocycles.